The molecule has 2 rings (SSSR count). The van der Waals surface area contributed by atoms with Gasteiger partial charge in [0.2, 0.25) is 0 Å². The van der Waals surface area contributed by atoms with Gasteiger partial charge in [0.15, 0.2) is 0 Å². The van der Waals surface area contributed by atoms with Crippen molar-refractivity contribution in [2.24, 2.45) is 7.05 Å². The highest BCUT2D eigenvalue weighted by Crippen LogP contribution is 2.27. The van der Waals surface area contributed by atoms with Crippen LogP contribution in [0, 0.1) is 13.8 Å². The van der Waals surface area contributed by atoms with Crippen LogP contribution in [0.3, 0.4) is 0 Å². The zero-order valence-corrected chi connectivity index (χ0v) is 14.2. The minimum Gasteiger partial charge on any atom is -0.309 e. The molecule has 2 aromatic heterocycles. The van der Waals surface area contributed by atoms with E-state index in [1.54, 1.807) is 6.20 Å². The van der Waals surface area contributed by atoms with Crippen LogP contribution in [-0.4, -0.2) is 26.1 Å². The number of halogens is 1. The number of rotatable bonds is 6. The molecule has 0 aliphatic heterocycles. The van der Waals surface area contributed by atoms with Gasteiger partial charge in [-0.25, -0.2) is 0 Å². The summed E-state index contributed by atoms with van der Waals surface area (Å²) in [5.74, 6) is 0. The number of likely N-dealkylation sites (N-methyl/N-ethyl adjacent to an activating group) is 1. The molecule has 0 aliphatic carbocycles. The lowest BCUT2D eigenvalue weighted by Gasteiger charge is -2.20. The van der Waals surface area contributed by atoms with Crippen LogP contribution in [0.2, 0.25) is 5.02 Å². The van der Waals surface area contributed by atoms with Crippen molar-refractivity contribution in [2.45, 2.75) is 46.7 Å². The first-order valence-electron chi connectivity index (χ1n) is 7.43. The van der Waals surface area contributed by atoms with Crippen molar-refractivity contribution in [1.82, 2.24) is 24.9 Å². The smallest absolute Gasteiger partial charge is 0.0834 e. The lowest BCUT2D eigenvalue weighted by molar-refractivity contribution is 0.489. The van der Waals surface area contributed by atoms with Crippen LogP contribution < -0.4 is 5.32 Å². The Kier molecular flexibility index (Phi) is 5.06. The Morgan fingerprint density at radius 1 is 1.33 bits per heavy atom. The maximum Gasteiger partial charge on any atom is 0.0834 e. The Hall–Kier alpha value is -1.33. The standard InChI is InChI=1S/C15H24ClN5/c1-6-17-14(15-13(16)9-18-21(15)7-2)8-12-10(3)19-20(5)11(12)4/h9,14,17H,6-8H2,1-5H3. The summed E-state index contributed by atoms with van der Waals surface area (Å²) in [6.07, 6.45) is 2.60. The van der Waals surface area contributed by atoms with E-state index in [0.29, 0.717) is 0 Å². The van der Waals surface area contributed by atoms with Crippen molar-refractivity contribution < 1.29 is 0 Å². The van der Waals surface area contributed by atoms with Gasteiger partial charge >= 0.3 is 0 Å². The quantitative estimate of drug-likeness (QED) is 0.892. The maximum absolute atomic E-state index is 6.36. The van der Waals surface area contributed by atoms with Crippen LogP contribution in [-0.2, 0) is 20.0 Å². The topological polar surface area (TPSA) is 47.7 Å². The molecule has 0 aliphatic rings. The Bertz CT molecular complexity index is 614. The first kappa shape index (κ1) is 16.0. The molecule has 5 nitrogen and oxygen atoms in total. The lowest BCUT2D eigenvalue weighted by Crippen LogP contribution is -2.26. The summed E-state index contributed by atoms with van der Waals surface area (Å²) in [7, 11) is 1.98. The molecule has 0 saturated carbocycles. The van der Waals surface area contributed by atoms with Crippen LogP contribution in [0.25, 0.3) is 0 Å². The Morgan fingerprint density at radius 2 is 2.05 bits per heavy atom. The summed E-state index contributed by atoms with van der Waals surface area (Å²) in [6.45, 7) is 10.1. The van der Waals surface area contributed by atoms with Gasteiger partial charge in [0.1, 0.15) is 0 Å². The summed E-state index contributed by atoms with van der Waals surface area (Å²) >= 11 is 6.36. The van der Waals surface area contributed by atoms with Crippen molar-refractivity contribution in [1.29, 1.82) is 0 Å². The van der Waals surface area contributed by atoms with Gasteiger partial charge < -0.3 is 5.32 Å². The molecule has 0 bridgehead atoms. The van der Waals surface area contributed by atoms with E-state index in [0.717, 1.165) is 35.9 Å². The summed E-state index contributed by atoms with van der Waals surface area (Å²) in [5.41, 5.74) is 4.62. The fourth-order valence-corrected chi connectivity index (χ4v) is 3.07. The van der Waals surface area contributed by atoms with Crippen LogP contribution in [0.5, 0.6) is 0 Å². The number of aromatic nitrogens is 4. The van der Waals surface area contributed by atoms with Gasteiger partial charge in [-0.2, -0.15) is 10.2 Å². The van der Waals surface area contributed by atoms with Gasteiger partial charge in [-0.15, -0.1) is 0 Å². The predicted octanol–water partition coefficient (Wildman–Crippen LogP) is 2.80. The van der Waals surface area contributed by atoms with Crippen LogP contribution in [0.1, 0.15) is 42.5 Å². The van der Waals surface area contributed by atoms with E-state index in [9.17, 15) is 0 Å². The molecule has 0 saturated heterocycles. The third kappa shape index (κ3) is 3.14. The molecular formula is C15H24ClN5. The van der Waals surface area contributed by atoms with Gasteiger partial charge in [0.05, 0.1) is 28.6 Å². The van der Waals surface area contributed by atoms with Crippen molar-refractivity contribution in [3.8, 4) is 0 Å². The molecule has 0 radical (unpaired) electrons. The second-order valence-corrected chi connectivity index (χ2v) is 5.69. The molecule has 116 valence electrons. The largest absolute Gasteiger partial charge is 0.309 e. The first-order valence-corrected chi connectivity index (χ1v) is 7.81. The van der Waals surface area contributed by atoms with E-state index in [-0.39, 0.29) is 6.04 Å². The van der Waals surface area contributed by atoms with Crippen molar-refractivity contribution in [3.63, 3.8) is 0 Å². The Balaban J connectivity index is 2.37. The lowest BCUT2D eigenvalue weighted by atomic mass is 10.0. The second-order valence-electron chi connectivity index (χ2n) is 5.28. The number of hydrogen-bond donors (Lipinski definition) is 1. The molecule has 6 heteroatoms. The minimum absolute atomic E-state index is 0.145. The summed E-state index contributed by atoms with van der Waals surface area (Å²) in [4.78, 5) is 0. The van der Waals surface area contributed by atoms with Gasteiger partial charge in [-0.05, 0) is 39.3 Å². The zero-order chi connectivity index (χ0) is 15.6. The third-order valence-corrected chi connectivity index (χ3v) is 4.27. The molecule has 2 heterocycles. The van der Waals surface area contributed by atoms with Gasteiger partial charge in [-0.1, -0.05) is 18.5 Å². The molecule has 1 N–H and O–H groups in total. The number of hydrogen-bond acceptors (Lipinski definition) is 3. The molecule has 0 amide bonds. The Labute approximate surface area is 131 Å². The van der Waals surface area contributed by atoms with Gasteiger partial charge in [0, 0.05) is 19.3 Å². The average molecular weight is 310 g/mol. The molecule has 1 atom stereocenters. The second kappa shape index (κ2) is 6.62. The molecule has 21 heavy (non-hydrogen) atoms. The molecular weight excluding hydrogens is 286 g/mol. The molecule has 0 aromatic carbocycles. The minimum atomic E-state index is 0.145. The Morgan fingerprint density at radius 3 is 2.57 bits per heavy atom. The number of nitrogens with zero attached hydrogens (tertiary/aromatic N) is 4. The van der Waals surface area contributed by atoms with Crippen LogP contribution in [0.4, 0.5) is 0 Å². The van der Waals surface area contributed by atoms with E-state index in [1.807, 2.05) is 16.4 Å². The summed E-state index contributed by atoms with van der Waals surface area (Å²) in [6, 6.07) is 0.145. The summed E-state index contributed by atoms with van der Waals surface area (Å²) in [5, 5.41) is 13.1. The molecule has 2 aromatic rings. The first-order chi connectivity index (χ1) is 9.99. The molecule has 0 spiro atoms. The van der Waals surface area contributed by atoms with Crippen molar-refractivity contribution in [3.05, 3.63) is 33.9 Å². The van der Waals surface area contributed by atoms with E-state index in [4.69, 9.17) is 11.6 Å². The fourth-order valence-electron chi connectivity index (χ4n) is 2.80. The van der Waals surface area contributed by atoms with E-state index in [2.05, 4.69) is 43.2 Å². The van der Waals surface area contributed by atoms with Gasteiger partial charge in [0.25, 0.3) is 0 Å². The third-order valence-electron chi connectivity index (χ3n) is 3.98. The van der Waals surface area contributed by atoms with Crippen molar-refractivity contribution in [2.75, 3.05) is 6.54 Å². The number of aryl methyl sites for hydroxylation is 3. The summed E-state index contributed by atoms with van der Waals surface area (Å²) < 4.78 is 3.91. The zero-order valence-electron chi connectivity index (χ0n) is 13.4. The highest BCUT2D eigenvalue weighted by Gasteiger charge is 2.22. The molecule has 0 fully saturated rings. The SMILES string of the molecule is CCNC(Cc1c(C)nn(C)c1C)c1c(Cl)cnn1CC. The normalized spacial score (nSPS) is 12.9. The van der Waals surface area contributed by atoms with Crippen molar-refractivity contribution >= 4 is 11.6 Å². The monoisotopic (exact) mass is 309 g/mol. The van der Waals surface area contributed by atoms with E-state index in [1.165, 1.54) is 11.3 Å². The average Bonchev–Trinajstić information content (AvgIpc) is 2.93. The van der Waals surface area contributed by atoms with E-state index < -0.39 is 0 Å². The predicted molar refractivity (Wildman–Crippen MR) is 85.7 cm³/mol. The highest BCUT2D eigenvalue weighted by molar-refractivity contribution is 6.31. The number of nitrogens with one attached hydrogen (secondary N) is 1. The van der Waals surface area contributed by atoms with E-state index >= 15 is 0 Å². The van der Waals surface area contributed by atoms with Crippen LogP contribution >= 0.6 is 11.6 Å². The maximum atomic E-state index is 6.36. The van der Waals surface area contributed by atoms with Crippen LogP contribution in [0.15, 0.2) is 6.20 Å². The fraction of sp³-hybridized carbons (Fsp3) is 0.600. The molecule has 1 unspecified atom stereocenters. The highest BCUT2D eigenvalue weighted by atomic mass is 35.5. The van der Waals surface area contributed by atoms with Gasteiger partial charge in [-0.3, -0.25) is 9.36 Å².